The van der Waals surface area contributed by atoms with Crippen molar-refractivity contribution in [2.75, 3.05) is 13.1 Å². The van der Waals surface area contributed by atoms with Gasteiger partial charge in [0, 0.05) is 13.1 Å². The number of hydrogen-bond donors (Lipinski definition) is 3. The van der Waals surface area contributed by atoms with Crippen LogP contribution in [0, 0.1) is 16.7 Å². The van der Waals surface area contributed by atoms with Crippen molar-refractivity contribution >= 4 is 12.0 Å². The average molecular weight is 284 g/mol. The molecule has 116 valence electrons. The molecule has 20 heavy (non-hydrogen) atoms. The van der Waals surface area contributed by atoms with E-state index in [1.54, 1.807) is 0 Å². The summed E-state index contributed by atoms with van der Waals surface area (Å²) in [7, 11) is 0. The first-order chi connectivity index (χ1) is 9.17. The van der Waals surface area contributed by atoms with Crippen molar-refractivity contribution in [2.24, 2.45) is 16.7 Å². The Morgan fingerprint density at radius 3 is 2.25 bits per heavy atom. The molecule has 0 unspecified atom stereocenters. The highest BCUT2D eigenvalue weighted by Gasteiger charge is 2.39. The van der Waals surface area contributed by atoms with Gasteiger partial charge in [0.15, 0.2) is 0 Å². The van der Waals surface area contributed by atoms with E-state index in [9.17, 15) is 9.59 Å². The van der Waals surface area contributed by atoms with E-state index in [1.807, 2.05) is 0 Å². The van der Waals surface area contributed by atoms with Gasteiger partial charge in [-0.25, -0.2) is 4.79 Å². The summed E-state index contributed by atoms with van der Waals surface area (Å²) in [5.74, 6) is -0.305. The molecule has 2 amide bonds. The fraction of sp³-hybridized carbons (Fsp3) is 0.867. The predicted molar refractivity (Wildman–Crippen MR) is 78.6 cm³/mol. The van der Waals surface area contributed by atoms with Gasteiger partial charge in [-0.1, -0.05) is 34.1 Å². The second-order valence-corrected chi connectivity index (χ2v) is 7.10. The smallest absolute Gasteiger partial charge is 0.314 e. The molecule has 1 saturated carbocycles. The maximum absolute atomic E-state index is 11.8. The van der Waals surface area contributed by atoms with Crippen molar-refractivity contribution in [1.29, 1.82) is 0 Å². The molecule has 0 aromatic heterocycles. The molecule has 0 heterocycles. The first-order valence-corrected chi connectivity index (χ1v) is 7.40. The number of urea groups is 1. The van der Waals surface area contributed by atoms with E-state index in [2.05, 4.69) is 38.3 Å². The number of carboxylic acid groups (broad SMARTS) is 1. The molecular formula is C15H28N2O3. The van der Waals surface area contributed by atoms with Crippen LogP contribution in [0.5, 0.6) is 0 Å². The van der Waals surface area contributed by atoms with E-state index < -0.39 is 5.97 Å². The van der Waals surface area contributed by atoms with Crippen LogP contribution in [0.2, 0.25) is 0 Å². The fourth-order valence-corrected chi connectivity index (χ4v) is 2.26. The molecule has 0 aromatic rings. The first kappa shape index (κ1) is 16.8. The summed E-state index contributed by atoms with van der Waals surface area (Å²) in [5, 5.41) is 14.6. The van der Waals surface area contributed by atoms with Gasteiger partial charge in [0.2, 0.25) is 0 Å². The lowest BCUT2D eigenvalue weighted by Gasteiger charge is -2.41. The Balaban J connectivity index is 2.34. The molecule has 0 bridgehead atoms. The zero-order chi connectivity index (χ0) is 15.4. The Hall–Kier alpha value is -1.26. The second-order valence-electron chi connectivity index (χ2n) is 7.10. The molecule has 0 aromatic carbocycles. The lowest BCUT2D eigenvalue weighted by Crippen LogP contribution is -2.48. The van der Waals surface area contributed by atoms with E-state index in [0.29, 0.717) is 19.0 Å². The Kier molecular flexibility index (Phi) is 5.42. The molecule has 1 fully saturated rings. The van der Waals surface area contributed by atoms with Crippen LogP contribution in [0.1, 0.15) is 53.4 Å². The molecule has 1 aliphatic carbocycles. The van der Waals surface area contributed by atoms with Gasteiger partial charge in [-0.05, 0) is 29.6 Å². The number of amides is 2. The Morgan fingerprint density at radius 1 is 1.25 bits per heavy atom. The zero-order valence-corrected chi connectivity index (χ0v) is 13.1. The monoisotopic (exact) mass is 284 g/mol. The minimum atomic E-state index is -0.784. The Labute approximate surface area is 121 Å². The standard InChI is InChI=1S/C15H28N2O3/c1-11(2)14(3,4)9-16-13(20)17-10-15(6-5-7-15)8-12(18)19/h11H,5-10H2,1-4H3,(H,18,19)(H2,16,17,20). The molecule has 1 aliphatic rings. The van der Waals surface area contributed by atoms with Gasteiger partial charge < -0.3 is 15.7 Å². The van der Waals surface area contributed by atoms with Gasteiger partial charge in [-0.15, -0.1) is 0 Å². The van der Waals surface area contributed by atoms with Gasteiger partial charge in [-0.3, -0.25) is 4.79 Å². The van der Waals surface area contributed by atoms with Gasteiger partial charge in [0.1, 0.15) is 0 Å². The van der Waals surface area contributed by atoms with Crippen LogP contribution >= 0.6 is 0 Å². The highest BCUT2D eigenvalue weighted by Crippen LogP contribution is 2.43. The largest absolute Gasteiger partial charge is 0.481 e. The van der Waals surface area contributed by atoms with Gasteiger partial charge in [-0.2, -0.15) is 0 Å². The minimum absolute atomic E-state index is 0.0482. The van der Waals surface area contributed by atoms with Crippen molar-refractivity contribution < 1.29 is 14.7 Å². The van der Waals surface area contributed by atoms with Crippen LogP contribution < -0.4 is 10.6 Å². The lowest BCUT2D eigenvalue weighted by molar-refractivity contribution is -0.141. The number of aliphatic carboxylic acids is 1. The van der Waals surface area contributed by atoms with E-state index in [-0.39, 0.29) is 23.3 Å². The SMILES string of the molecule is CC(C)C(C)(C)CNC(=O)NCC1(CC(=O)O)CCC1. The Morgan fingerprint density at radius 2 is 1.85 bits per heavy atom. The molecule has 5 heteroatoms. The van der Waals surface area contributed by atoms with Gasteiger partial charge >= 0.3 is 12.0 Å². The molecular weight excluding hydrogens is 256 g/mol. The molecule has 0 atom stereocenters. The van der Waals surface area contributed by atoms with Crippen LogP contribution in [0.15, 0.2) is 0 Å². The van der Waals surface area contributed by atoms with Crippen molar-refractivity contribution in [3.8, 4) is 0 Å². The topological polar surface area (TPSA) is 78.4 Å². The van der Waals surface area contributed by atoms with Crippen molar-refractivity contribution in [3.05, 3.63) is 0 Å². The average Bonchev–Trinajstić information content (AvgIpc) is 2.29. The number of carboxylic acids is 1. The highest BCUT2D eigenvalue weighted by molar-refractivity contribution is 5.74. The third-order valence-electron chi connectivity index (χ3n) is 4.83. The molecule has 0 spiro atoms. The number of rotatable bonds is 7. The number of hydrogen-bond acceptors (Lipinski definition) is 2. The molecule has 0 saturated heterocycles. The van der Waals surface area contributed by atoms with E-state index in [0.717, 1.165) is 19.3 Å². The van der Waals surface area contributed by atoms with Crippen molar-refractivity contribution in [1.82, 2.24) is 10.6 Å². The quantitative estimate of drug-likeness (QED) is 0.672. The zero-order valence-electron chi connectivity index (χ0n) is 13.1. The first-order valence-electron chi connectivity index (χ1n) is 7.40. The second kappa shape index (κ2) is 6.46. The summed E-state index contributed by atoms with van der Waals surface area (Å²) in [4.78, 5) is 22.7. The number of carbonyl (C=O) groups is 2. The summed E-state index contributed by atoms with van der Waals surface area (Å²) in [6.45, 7) is 9.58. The van der Waals surface area contributed by atoms with Crippen LogP contribution in [0.4, 0.5) is 4.79 Å². The van der Waals surface area contributed by atoms with Gasteiger partial charge in [0.25, 0.3) is 0 Å². The fourth-order valence-electron chi connectivity index (χ4n) is 2.26. The molecule has 1 rings (SSSR count). The van der Waals surface area contributed by atoms with E-state index in [1.165, 1.54) is 0 Å². The third kappa shape index (κ3) is 4.69. The van der Waals surface area contributed by atoms with Crippen LogP contribution in [0.3, 0.4) is 0 Å². The van der Waals surface area contributed by atoms with Crippen LogP contribution in [-0.4, -0.2) is 30.2 Å². The summed E-state index contributed by atoms with van der Waals surface area (Å²) in [6.07, 6.45) is 2.97. The Bertz CT molecular complexity index is 360. The van der Waals surface area contributed by atoms with Crippen molar-refractivity contribution in [3.63, 3.8) is 0 Å². The normalized spacial score (nSPS) is 17.4. The van der Waals surface area contributed by atoms with Gasteiger partial charge in [0.05, 0.1) is 6.42 Å². The molecule has 5 nitrogen and oxygen atoms in total. The van der Waals surface area contributed by atoms with E-state index >= 15 is 0 Å². The third-order valence-corrected chi connectivity index (χ3v) is 4.83. The summed E-state index contributed by atoms with van der Waals surface area (Å²) < 4.78 is 0. The number of nitrogens with one attached hydrogen (secondary N) is 2. The van der Waals surface area contributed by atoms with E-state index in [4.69, 9.17) is 5.11 Å². The maximum atomic E-state index is 11.8. The summed E-state index contributed by atoms with van der Waals surface area (Å²) in [5.41, 5.74) is -0.177. The lowest BCUT2D eigenvalue weighted by atomic mass is 9.66. The minimum Gasteiger partial charge on any atom is -0.481 e. The molecule has 0 aliphatic heterocycles. The summed E-state index contributed by atoms with van der Waals surface area (Å²) >= 11 is 0. The maximum Gasteiger partial charge on any atom is 0.314 e. The van der Waals surface area contributed by atoms with Crippen molar-refractivity contribution in [2.45, 2.75) is 53.4 Å². The molecule has 3 N–H and O–H groups in total. The van der Waals surface area contributed by atoms with Crippen LogP contribution in [0.25, 0.3) is 0 Å². The summed E-state index contributed by atoms with van der Waals surface area (Å²) in [6, 6.07) is -0.199. The highest BCUT2D eigenvalue weighted by atomic mass is 16.4. The number of carbonyl (C=O) groups excluding carboxylic acids is 1. The predicted octanol–water partition coefficient (Wildman–Crippen LogP) is 2.61. The molecule has 0 radical (unpaired) electrons. The van der Waals surface area contributed by atoms with Crippen LogP contribution in [-0.2, 0) is 4.79 Å².